The summed E-state index contributed by atoms with van der Waals surface area (Å²) in [6.07, 6.45) is 7.05. The van der Waals surface area contributed by atoms with Crippen molar-refractivity contribution in [2.24, 2.45) is 11.8 Å². The number of hydrogen-bond donors (Lipinski definition) is 2. The van der Waals surface area contributed by atoms with Gasteiger partial charge < -0.3 is 15.5 Å². The Bertz CT molecular complexity index is 672. The molecular weight excluding hydrogens is 342 g/mol. The summed E-state index contributed by atoms with van der Waals surface area (Å²) in [4.78, 5) is 38.2. The monoisotopic (exact) mass is 371 g/mol. The van der Waals surface area contributed by atoms with Crippen LogP contribution in [-0.2, 0) is 14.4 Å². The van der Waals surface area contributed by atoms with Crippen molar-refractivity contribution in [2.45, 2.75) is 51.9 Å². The number of carbonyl (C=O) groups is 3. The molecule has 1 aromatic carbocycles. The topological polar surface area (TPSA) is 78.5 Å². The molecule has 1 aliphatic heterocycles. The number of rotatable bonds is 4. The zero-order chi connectivity index (χ0) is 19.2. The van der Waals surface area contributed by atoms with Gasteiger partial charge in [0.2, 0.25) is 17.7 Å². The maximum Gasteiger partial charge on any atom is 0.227 e. The van der Waals surface area contributed by atoms with Gasteiger partial charge in [-0.25, -0.2) is 0 Å². The Balaban J connectivity index is 1.46. The van der Waals surface area contributed by atoms with E-state index in [1.54, 1.807) is 24.3 Å². The number of benzene rings is 1. The van der Waals surface area contributed by atoms with Gasteiger partial charge in [-0.2, -0.15) is 0 Å². The average molecular weight is 371 g/mol. The smallest absolute Gasteiger partial charge is 0.227 e. The standard InChI is InChI=1S/C21H29N3O3/c1-15(25)22-18-7-9-19(10-8-18)23-20(26)16-11-13-24(14-12-16)21(27)17-5-3-2-4-6-17/h7-10,16-17H,2-6,11-14H2,1H3,(H,22,25)(H,23,26). The molecule has 1 saturated heterocycles. The number of amides is 3. The van der Waals surface area contributed by atoms with E-state index in [0.717, 1.165) is 31.4 Å². The lowest BCUT2D eigenvalue weighted by atomic mass is 9.87. The summed E-state index contributed by atoms with van der Waals surface area (Å²) in [6.45, 7) is 2.81. The third-order valence-electron chi connectivity index (χ3n) is 5.60. The summed E-state index contributed by atoms with van der Waals surface area (Å²) in [7, 11) is 0. The first kappa shape index (κ1) is 19.4. The Morgan fingerprint density at radius 2 is 1.37 bits per heavy atom. The number of nitrogens with zero attached hydrogens (tertiary/aromatic N) is 1. The summed E-state index contributed by atoms with van der Waals surface area (Å²) >= 11 is 0. The van der Waals surface area contributed by atoms with Gasteiger partial charge in [0.15, 0.2) is 0 Å². The van der Waals surface area contributed by atoms with E-state index < -0.39 is 0 Å². The zero-order valence-electron chi connectivity index (χ0n) is 16.0. The molecule has 2 aliphatic rings. The first-order valence-corrected chi connectivity index (χ1v) is 10.0. The molecule has 3 amide bonds. The number of anilines is 2. The van der Waals surface area contributed by atoms with Gasteiger partial charge in [0.25, 0.3) is 0 Å². The Hall–Kier alpha value is -2.37. The molecule has 27 heavy (non-hydrogen) atoms. The van der Waals surface area contributed by atoms with Crippen molar-refractivity contribution in [1.82, 2.24) is 4.90 Å². The van der Waals surface area contributed by atoms with Crippen LogP contribution in [0.2, 0.25) is 0 Å². The van der Waals surface area contributed by atoms with Crippen LogP contribution >= 0.6 is 0 Å². The molecule has 1 aliphatic carbocycles. The molecule has 2 fully saturated rings. The summed E-state index contributed by atoms with van der Waals surface area (Å²) in [5, 5.41) is 5.65. The van der Waals surface area contributed by atoms with Crippen LogP contribution in [0.1, 0.15) is 51.9 Å². The van der Waals surface area contributed by atoms with Gasteiger partial charge in [-0.3, -0.25) is 14.4 Å². The van der Waals surface area contributed by atoms with Crippen LogP contribution in [0.5, 0.6) is 0 Å². The van der Waals surface area contributed by atoms with Crippen molar-refractivity contribution in [1.29, 1.82) is 0 Å². The molecule has 0 radical (unpaired) electrons. The maximum atomic E-state index is 12.6. The summed E-state index contributed by atoms with van der Waals surface area (Å²) < 4.78 is 0. The quantitative estimate of drug-likeness (QED) is 0.851. The van der Waals surface area contributed by atoms with Gasteiger partial charge in [0.05, 0.1) is 0 Å². The highest BCUT2D eigenvalue weighted by Crippen LogP contribution is 2.28. The molecular formula is C21H29N3O3. The Morgan fingerprint density at radius 3 is 1.93 bits per heavy atom. The van der Waals surface area contributed by atoms with Crippen molar-refractivity contribution in [3.8, 4) is 0 Å². The Morgan fingerprint density at radius 1 is 0.815 bits per heavy atom. The Labute approximate surface area is 160 Å². The predicted octanol–water partition coefficient (Wildman–Crippen LogP) is 3.40. The molecule has 3 rings (SSSR count). The van der Waals surface area contributed by atoms with E-state index in [1.165, 1.54) is 13.3 Å². The predicted molar refractivity (Wildman–Crippen MR) is 105 cm³/mol. The number of piperidine rings is 1. The molecule has 0 atom stereocenters. The Kier molecular flexibility index (Phi) is 6.48. The molecule has 1 aromatic rings. The average Bonchev–Trinajstić information content (AvgIpc) is 2.69. The molecule has 6 nitrogen and oxygen atoms in total. The van der Waals surface area contributed by atoms with Crippen LogP contribution in [0, 0.1) is 11.8 Å². The second kappa shape index (κ2) is 9.02. The van der Waals surface area contributed by atoms with E-state index >= 15 is 0 Å². The summed E-state index contributed by atoms with van der Waals surface area (Å²) in [6, 6.07) is 7.10. The second-order valence-corrected chi connectivity index (χ2v) is 7.68. The van der Waals surface area contributed by atoms with Crippen molar-refractivity contribution in [3.63, 3.8) is 0 Å². The van der Waals surface area contributed by atoms with Gasteiger partial charge in [0, 0.05) is 43.2 Å². The molecule has 146 valence electrons. The summed E-state index contributed by atoms with van der Waals surface area (Å²) in [5.74, 6) is 0.317. The third-order valence-corrected chi connectivity index (χ3v) is 5.60. The van der Waals surface area contributed by atoms with Crippen molar-refractivity contribution in [2.75, 3.05) is 23.7 Å². The highest BCUT2D eigenvalue weighted by molar-refractivity contribution is 5.93. The van der Waals surface area contributed by atoms with Gasteiger partial charge in [-0.15, -0.1) is 0 Å². The van der Waals surface area contributed by atoms with E-state index in [2.05, 4.69) is 10.6 Å². The molecule has 6 heteroatoms. The largest absolute Gasteiger partial charge is 0.342 e. The molecule has 0 aromatic heterocycles. The van der Waals surface area contributed by atoms with Gasteiger partial charge in [0.1, 0.15) is 0 Å². The van der Waals surface area contributed by atoms with E-state index in [4.69, 9.17) is 0 Å². The van der Waals surface area contributed by atoms with Crippen molar-refractivity contribution in [3.05, 3.63) is 24.3 Å². The highest BCUT2D eigenvalue weighted by atomic mass is 16.2. The van der Waals surface area contributed by atoms with Crippen LogP contribution in [0.25, 0.3) is 0 Å². The molecule has 1 heterocycles. The van der Waals surface area contributed by atoms with E-state index in [9.17, 15) is 14.4 Å². The van der Waals surface area contributed by atoms with Gasteiger partial charge in [-0.05, 0) is 49.9 Å². The minimum atomic E-state index is -0.124. The number of likely N-dealkylation sites (tertiary alicyclic amines) is 1. The molecule has 1 saturated carbocycles. The van der Waals surface area contributed by atoms with Gasteiger partial charge >= 0.3 is 0 Å². The van der Waals surface area contributed by atoms with E-state index in [0.29, 0.717) is 37.5 Å². The van der Waals surface area contributed by atoms with Gasteiger partial charge in [-0.1, -0.05) is 19.3 Å². The van der Waals surface area contributed by atoms with Crippen LogP contribution in [0.15, 0.2) is 24.3 Å². The normalized spacial score (nSPS) is 18.8. The molecule has 0 bridgehead atoms. The van der Waals surface area contributed by atoms with E-state index in [-0.39, 0.29) is 23.7 Å². The lowest BCUT2D eigenvalue weighted by Crippen LogP contribution is -2.44. The molecule has 0 unspecified atom stereocenters. The van der Waals surface area contributed by atoms with E-state index in [1.807, 2.05) is 4.90 Å². The highest BCUT2D eigenvalue weighted by Gasteiger charge is 2.31. The number of nitrogens with one attached hydrogen (secondary N) is 2. The summed E-state index contributed by atoms with van der Waals surface area (Å²) in [5.41, 5.74) is 1.42. The number of hydrogen-bond acceptors (Lipinski definition) is 3. The van der Waals surface area contributed by atoms with Crippen LogP contribution in [0.3, 0.4) is 0 Å². The third kappa shape index (κ3) is 5.31. The molecule has 2 N–H and O–H groups in total. The van der Waals surface area contributed by atoms with Crippen LogP contribution < -0.4 is 10.6 Å². The minimum absolute atomic E-state index is 0.00652. The first-order chi connectivity index (χ1) is 13.0. The SMILES string of the molecule is CC(=O)Nc1ccc(NC(=O)C2CCN(C(=O)C3CCCCC3)CC2)cc1. The lowest BCUT2D eigenvalue weighted by Gasteiger charge is -2.34. The second-order valence-electron chi connectivity index (χ2n) is 7.68. The fourth-order valence-electron chi connectivity index (χ4n) is 4.05. The van der Waals surface area contributed by atoms with Crippen molar-refractivity contribution >= 4 is 29.1 Å². The van der Waals surface area contributed by atoms with Crippen LogP contribution in [-0.4, -0.2) is 35.7 Å². The fraction of sp³-hybridized carbons (Fsp3) is 0.571. The number of carbonyl (C=O) groups excluding carboxylic acids is 3. The minimum Gasteiger partial charge on any atom is -0.342 e. The fourth-order valence-corrected chi connectivity index (χ4v) is 4.05. The molecule has 0 spiro atoms. The first-order valence-electron chi connectivity index (χ1n) is 10.0. The zero-order valence-corrected chi connectivity index (χ0v) is 16.0. The maximum absolute atomic E-state index is 12.6. The van der Waals surface area contributed by atoms with Crippen LogP contribution in [0.4, 0.5) is 11.4 Å². The lowest BCUT2D eigenvalue weighted by molar-refractivity contribution is -0.139. The van der Waals surface area contributed by atoms with Crippen molar-refractivity contribution < 1.29 is 14.4 Å².